The number of hydrogen-bond donors (Lipinski definition) is 1. The summed E-state index contributed by atoms with van der Waals surface area (Å²) in [6.07, 6.45) is 0.631. The molecule has 0 unspecified atom stereocenters. The molecule has 5 rings (SSSR count). The van der Waals surface area contributed by atoms with E-state index in [1.54, 1.807) is 24.3 Å². The maximum atomic E-state index is 14.8. The Morgan fingerprint density at radius 2 is 1.78 bits per heavy atom. The van der Waals surface area contributed by atoms with Gasteiger partial charge < -0.3 is 24.7 Å². The molecule has 0 radical (unpaired) electrons. The number of amides is 2. The third kappa shape index (κ3) is 4.50. The monoisotopic (exact) mass is 561 g/mol. The van der Waals surface area contributed by atoms with E-state index in [1.807, 2.05) is 59.4 Å². The van der Waals surface area contributed by atoms with Crippen LogP contribution in [0.15, 0.2) is 36.4 Å². The standard InChI is InChI=1S/C31H37BFN3O5/c1-28(2,3)31-13-12-21(16-25(31)39-27(35)38)36(31)26(37)19-10-11-23(32-40-29(4,5)30(6,7)41-32)22(14-19)18-8-9-20(17-34)24(33)15-18/h8-11,14-15,21,25H,12-13,16H2,1-7H3,(H2,35,38)/t21-,25+,31-/m1/s1. The number of carbonyl (C=O) groups is 2. The smallest absolute Gasteiger partial charge is 0.444 e. The van der Waals surface area contributed by atoms with E-state index in [0.29, 0.717) is 35.0 Å². The van der Waals surface area contributed by atoms with Gasteiger partial charge in [-0.2, -0.15) is 5.26 Å². The van der Waals surface area contributed by atoms with Crippen LogP contribution in [0.5, 0.6) is 0 Å². The minimum Gasteiger partial charge on any atom is -0.444 e. The third-order valence-corrected chi connectivity index (χ3v) is 9.66. The molecular weight excluding hydrogens is 524 g/mol. The van der Waals surface area contributed by atoms with Crippen LogP contribution in [-0.4, -0.2) is 52.9 Å². The molecule has 3 heterocycles. The second kappa shape index (κ2) is 9.57. The Bertz CT molecular complexity index is 1450. The third-order valence-electron chi connectivity index (χ3n) is 9.66. The molecule has 3 aliphatic heterocycles. The van der Waals surface area contributed by atoms with Crippen molar-refractivity contribution in [1.82, 2.24) is 4.90 Å². The Labute approximate surface area is 241 Å². The lowest BCUT2D eigenvalue weighted by atomic mass is 9.67. The Balaban J connectivity index is 1.61. The van der Waals surface area contributed by atoms with E-state index < -0.39 is 47.3 Å². The van der Waals surface area contributed by atoms with Crippen molar-refractivity contribution in [3.8, 4) is 17.2 Å². The van der Waals surface area contributed by atoms with Gasteiger partial charge in [-0.1, -0.05) is 32.9 Å². The normalized spacial score (nSPS) is 26.2. The molecule has 8 nitrogen and oxygen atoms in total. The summed E-state index contributed by atoms with van der Waals surface area (Å²) in [5.41, 5.74) is 5.13. The number of primary amides is 1. The Kier molecular flexibility index (Phi) is 6.79. The molecule has 0 spiro atoms. The number of nitrogens with zero attached hydrogens (tertiary/aromatic N) is 2. The first-order chi connectivity index (χ1) is 19.0. The van der Waals surface area contributed by atoms with Gasteiger partial charge in [0.15, 0.2) is 0 Å². The maximum absolute atomic E-state index is 14.8. The zero-order valence-electron chi connectivity index (χ0n) is 24.7. The molecule has 0 aromatic heterocycles. The van der Waals surface area contributed by atoms with E-state index in [2.05, 4.69) is 0 Å². The quantitative estimate of drug-likeness (QED) is 0.530. The van der Waals surface area contributed by atoms with Crippen molar-refractivity contribution in [1.29, 1.82) is 5.26 Å². The van der Waals surface area contributed by atoms with Gasteiger partial charge >= 0.3 is 13.2 Å². The first kappa shape index (κ1) is 29.1. The van der Waals surface area contributed by atoms with Gasteiger partial charge in [0.05, 0.1) is 22.3 Å². The number of ether oxygens (including phenoxy) is 1. The zero-order valence-corrected chi connectivity index (χ0v) is 24.7. The van der Waals surface area contributed by atoms with Crippen LogP contribution in [0, 0.1) is 22.6 Å². The molecular formula is C31H37BFN3O5. The lowest BCUT2D eigenvalue weighted by Gasteiger charge is -2.48. The molecule has 41 heavy (non-hydrogen) atoms. The average Bonchev–Trinajstić information content (AvgIpc) is 3.48. The summed E-state index contributed by atoms with van der Waals surface area (Å²) in [4.78, 5) is 28.0. The first-order valence-corrected chi connectivity index (χ1v) is 14.0. The zero-order chi connectivity index (χ0) is 30.1. The van der Waals surface area contributed by atoms with Crippen LogP contribution >= 0.6 is 0 Å². The predicted molar refractivity (Wildman–Crippen MR) is 153 cm³/mol. The number of rotatable bonds is 4. The first-order valence-electron chi connectivity index (χ1n) is 14.0. The number of nitrogens with two attached hydrogens (primary N) is 1. The van der Waals surface area contributed by atoms with Crippen LogP contribution < -0.4 is 11.2 Å². The van der Waals surface area contributed by atoms with E-state index >= 15 is 0 Å². The van der Waals surface area contributed by atoms with Crippen molar-refractivity contribution in [3.05, 3.63) is 53.3 Å². The fourth-order valence-corrected chi connectivity index (χ4v) is 6.82. The van der Waals surface area contributed by atoms with Gasteiger partial charge in [0.25, 0.3) is 5.91 Å². The largest absolute Gasteiger partial charge is 0.495 e. The summed E-state index contributed by atoms with van der Waals surface area (Å²) < 4.78 is 33.1. The molecule has 2 bridgehead atoms. The van der Waals surface area contributed by atoms with Crippen molar-refractivity contribution in [3.63, 3.8) is 0 Å². The van der Waals surface area contributed by atoms with Crippen molar-refractivity contribution >= 4 is 24.6 Å². The second-order valence-corrected chi connectivity index (χ2v) is 13.4. The summed E-state index contributed by atoms with van der Waals surface area (Å²) >= 11 is 0. The molecule has 2 N–H and O–H groups in total. The number of halogens is 1. The maximum Gasteiger partial charge on any atom is 0.495 e. The van der Waals surface area contributed by atoms with Gasteiger partial charge in [0.1, 0.15) is 18.0 Å². The van der Waals surface area contributed by atoms with E-state index in [0.717, 1.165) is 6.42 Å². The van der Waals surface area contributed by atoms with Crippen molar-refractivity contribution in [2.24, 2.45) is 11.1 Å². The molecule has 3 saturated heterocycles. The van der Waals surface area contributed by atoms with Crippen LogP contribution in [0.1, 0.15) is 83.7 Å². The molecule has 216 valence electrons. The van der Waals surface area contributed by atoms with E-state index in [4.69, 9.17) is 19.8 Å². The Morgan fingerprint density at radius 1 is 1.12 bits per heavy atom. The summed E-state index contributed by atoms with van der Waals surface area (Å²) in [6.45, 7) is 13.9. The average molecular weight is 561 g/mol. The molecule has 0 saturated carbocycles. The van der Waals surface area contributed by atoms with Gasteiger partial charge in [0, 0.05) is 18.0 Å². The SMILES string of the molecule is CC1(C)OB(c2ccc(C(=O)N3[C@@H]4CC[C@]3(C(C)(C)C)[C@@H](OC(N)=O)C4)cc2-c2ccc(C#N)c(F)c2)OC1(C)C. The number of fused-ring (bicyclic) bond motifs is 2. The van der Waals surface area contributed by atoms with Crippen molar-refractivity contribution in [2.45, 2.75) is 96.6 Å². The fraction of sp³-hybridized carbons (Fsp3) is 0.516. The summed E-state index contributed by atoms with van der Waals surface area (Å²) in [6, 6.07) is 11.4. The number of carbonyl (C=O) groups excluding carboxylic acids is 2. The summed E-state index contributed by atoms with van der Waals surface area (Å²) in [5, 5.41) is 9.26. The second-order valence-electron chi connectivity index (χ2n) is 13.4. The summed E-state index contributed by atoms with van der Waals surface area (Å²) in [5.74, 6) is -0.855. The number of benzene rings is 2. The van der Waals surface area contributed by atoms with Crippen LogP contribution in [0.2, 0.25) is 0 Å². The lowest BCUT2D eigenvalue weighted by Crippen LogP contribution is -2.60. The van der Waals surface area contributed by atoms with E-state index in [9.17, 15) is 19.2 Å². The number of nitriles is 1. The minimum atomic E-state index is -0.851. The highest BCUT2D eigenvalue weighted by molar-refractivity contribution is 6.64. The van der Waals surface area contributed by atoms with Gasteiger partial charge in [-0.15, -0.1) is 0 Å². The Hall–Kier alpha value is -3.42. The van der Waals surface area contributed by atoms with Crippen LogP contribution in [-0.2, 0) is 14.0 Å². The molecule has 2 aromatic carbocycles. The molecule has 10 heteroatoms. The van der Waals surface area contributed by atoms with Gasteiger partial charge in [-0.05, 0) is 86.8 Å². The molecule has 3 aliphatic rings. The molecule has 3 atom stereocenters. The van der Waals surface area contributed by atoms with Crippen molar-refractivity contribution in [2.75, 3.05) is 0 Å². The highest BCUT2D eigenvalue weighted by Crippen LogP contribution is 2.56. The molecule has 2 aromatic rings. The predicted octanol–water partition coefficient (Wildman–Crippen LogP) is 4.92. The van der Waals surface area contributed by atoms with Gasteiger partial charge in [0.2, 0.25) is 0 Å². The van der Waals surface area contributed by atoms with Crippen LogP contribution in [0.25, 0.3) is 11.1 Å². The molecule has 2 amide bonds. The lowest BCUT2D eigenvalue weighted by molar-refractivity contribution is -0.0367. The van der Waals surface area contributed by atoms with E-state index in [-0.39, 0.29) is 17.5 Å². The molecule has 3 fully saturated rings. The minimum absolute atomic E-state index is 0.0700. The fourth-order valence-electron chi connectivity index (χ4n) is 6.82. The highest BCUT2D eigenvalue weighted by Gasteiger charge is 2.66. The van der Waals surface area contributed by atoms with E-state index in [1.165, 1.54) is 12.1 Å². The topological polar surface area (TPSA) is 115 Å². The van der Waals surface area contributed by atoms with Crippen LogP contribution in [0.4, 0.5) is 9.18 Å². The van der Waals surface area contributed by atoms with Gasteiger partial charge in [-0.3, -0.25) is 4.79 Å². The summed E-state index contributed by atoms with van der Waals surface area (Å²) in [7, 11) is -0.755. The van der Waals surface area contributed by atoms with Crippen LogP contribution in [0.3, 0.4) is 0 Å². The molecule has 0 aliphatic carbocycles. The van der Waals surface area contributed by atoms with Crippen molar-refractivity contribution < 1.29 is 28.0 Å². The highest BCUT2D eigenvalue weighted by atomic mass is 19.1. The number of hydrogen-bond acceptors (Lipinski definition) is 6. The van der Waals surface area contributed by atoms with Gasteiger partial charge in [-0.25, -0.2) is 9.18 Å². The Morgan fingerprint density at radius 3 is 2.34 bits per heavy atom.